The number of allylic oxidation sites excluding steroid dienone is 4. The molecule has 0 bridgehead atoms. The maximum absolute atomic E-state index is 9.87. The molecule has 0 fully saturated rings. The zero-order valence-electron chi connectivity index (χ0n) is 7.83. The van der Waals surface area contributed by atoms with Crippen molar-refractivity contribution in [2.24, 2.45) is 0 Å². The molecule has 0 spiro atoms. The Balaban J connectivity index is 3.14. The Morgan fingerprint density at radius 2 is 1.92 bits per heavy atom. The monoisotopic (exact) mass is 166 g/mol. The summed E-state index contributed by atoms with van der Waals surface area (Å²) in [6, 6.07) is 0. The van der Waals surface area contributed by atoms with Gasteiger partial charge in [-0.15, -0.1) is 0 Å². The van der Waals surface area contributed by atoms with Crippen LogP contribution in [0, 0.1) is 0 Å². The molecular formula is C11H18O. The highest BCUT2D eigenvalue weighted by atomic mass is 16.1. The van der Waals surface area contributed by atoms with Gasteiger partial charge in [0.2, 0.25) is 0 Å². The van der Waals surface area contributed by atoms with Gasteiger partial charge in [-0.1, -0.05) is 38.0 Å². The summed E-state index contributed by atoms with van der Waals surface area (Å²) in [5.74, 6) is 0. The largest absolute Gasteiger partial charge is 0.299 e. The maximum Gasteiger partial charge on any atom is 0.142 e. The van der Waals surface area contributed by atoms with Crippen molar-refractivity contribution in [2.45, 2.75) is 39.0 Å². The van der Waals surface area contributed by atoms with E-state index in [2.05, 4.69) is 19.1 Å². The lowest BCUT2D eigenvalue weighted by atomic mass is 10.2. The first-order valence-corrected chi connectivity index (χ1v) is 4.67. The van der Waals surface area contributed by atoms with Gasteiger partial charge in [0, 0.05) is 0 Å². The summed E-state index contributed by atoms with van der Waals surface area (Å²) >= 11 is 0. The van der Waals surface area contributed by atoms with Gasteiger partial charge in [0.05, 0.1) is 0 Å². The molecule has 0 atom stereocenters. The van der Waals surface area contributed by atoms with Crippen LogP contribution in [0.25, 0.3) is 0 Å². The number of unbranched alkanes of at least 4 members (excludes halogenated alkanes) is 3. The molecule has 68 valence electrons. The van der Waals surface area contributed by atoms with Gasteiger partial charge >= 0.3 is 0 Å². The van der Waals surface area contributed by atoms with Crippen LogP contribution in [0.2, 0.25) is 0 Å². The van der Waals surface area contributed by atoms with Crippen molar-refractivity contribution in [3.05, 3.63) is 24.3 Å². The van der Waals surface area contributed by atoms with Gasteiger partial charge in [-0.3, -0.25) is 4.79 Å². The van der Waals surface area contributed by atoms with Crippen molar-refractivity contribution in [1.82, 2.24) is 0 Å². The van der Waals surface area contributed by atoms with E-state index in [-0.39, 0.29) is 0 Å². The molecule has 0 aliphatic carbocycles. The predicted molar refractivity (Wildman–Crippen MR) is 53.1 cm³/mol. The Kier molecular flexibility index (Phi) is 9.43. The van der Waals surface area contributed by atoms with Gasteiger partial charge in [0.15, 0.2) is 0 Å². The van der Waals surface area contributed by atoms with Crippen LogP contribution in [0.4, 0.5) is 0 Å². The molecule has 0 saturated carbocycles. The van der Waals surface area contributed by atoms with Crippen LogP contribution in [0.15, 0.2) is 24.3 Å². The average molecular weight is 166 g/mol. The van der Waals surface area contributed by atoms with Crippen molar-refractivity contribution < 1.29 is 4.79 Å². The molecule has 0 N–H and O–H groups in total. The van der Waals surface area contributed by atoms with Gasteiger partial charge in [0.1, 0.15) is 6.29 Å². The van der Waals surface area contributed by atoms with Crippen LogP contribution < -0.4 is 0 Å². The molecule has 0 aromatic carbocycles. The van der Waals surface area contributed by atoms with E-state index in [4.69, 9.17) is 0 Å². The number of hydrogen-bond acceptors (Lipinski definition) is 1. The van der Waals surface area contributed by atoms with E-state index >= 15 is 0 Å². The first-order valence-electron chi connectivity index (χ1n) is 4.67. The summed E-state index contributed by atoms with van der Waals surface area (Å²) in [6.07, 6.45) is 14.4. The number of carbonyl (C=O) groups is 1. The second-order valence-corrected chi connectivity index (χ2v) is 2.77. The highest BCUT2D eigenvalue weighted by Crippen LogP contribution is 2.00. The van der Waals surface area contributed by atoms with Crippen LogP contribution >= 0.6 is 0 Å². The van der Waals surface area contributed by atoms with Crippen LogP contribution in [-0.2, 0) is 4.79 Å². The fourth-order valence-electron chi connectivity index (χ4n) is 0.939. The van der Waals surface area contributed by atoms with Crippen LogP contribution in [0.1, 0.15) is 39.0 Å². The minimum absolute atomic E-state index is 0.810. The molecule has 1 nitrogen and oxygen atoms in total. The molecule has 0 aliphatic heterocycles. The minimum atomic E-state index is 0.810. The standard InChI is InChI=1S/C11H18O/c1-2-3-4-5-6-7-8-9-10-11-12/h6-7,9-11H,2-5,8H2,1H3. The van der Waals surface area contributed by atoms with Gasteiger partial charge in [-0.2, -0.15) is 0 Å². The van der Waals surface area contributed by atoms with Gasteiger partial charge in [-0.05, 0) is 25.3 Å². The number of hydrogen-bond donors (Lipinski definition) is 0. The summed E-state index contributed by atoms with van der Waals surface area (Å²) in [4.78, 5) is 9.87. The van der Waals surface area contributed by atoms with Crippen LogP contribution in [0.5, 0.6) is 0 Å². The first kappa shape index (κ1) is 11.2. The topological polar surface area (TPSA) is 17.1 Å². The lowest BCUT2D eigenvalue weighted by Gasteiger charge is -1.90. The Hall–Kier alpha value is -0.850. The van der Waals surface area contributed by atoms with Gasteiger partial charge < -0.3 is 0 Å². The molecule has 0 heterocycles. The zero-order chi connectivity index (χ0) is 9.07. The molecule has 0 aliphatic rings. The second kappa shape index (κ2) is 10.2. The third-order valence-corrected chi connectivity index (χ3v) is 1.63. The fourth-order valence-corrected chi connectivity index (χ4v) is 0.939. The Labute approximate surface area is 75.2 Å². The Bertz CT molecular complexity index is 145. The van der Waals surface area contributed by atoms with Crippen LogP contribution in [-0.4, -0.2) is 6.29 Å². The number of rotatable bonds is 7. The summed E-state index contributed by atoms with van der Waals surface area (Å²) in [5.41, 5.74) is 0. The summed E-state index contributed by atoms with van der Waals surface area (Å²) in [6.45, 7) is 2.20. The van der Waals surface area contributed by atoms with Crippen LogP contribution in [0.3, 0.4) is 0 Å². The van der Waals surface area contributed by atoms with Gasteiger partial charge in [0.25, 0.3) is 0 Å². The van der Waals surface area contributed by atoms with E-state index in [9.17, 15) is 4.79 Å². The Morgan fingerprint density at radius 1 is 1.08 bits per heavy atom. The van der Waals surface area contributed by atoms with E-state index in [0.29, 0.717) is 0 Å². The SMILES string of the molecule is CCCCCC=CCC=CC=O. The van der Waals surface area contributed by atoms with Crippen molar-refractivity contribution in [2.75, 3.05) is 0 Å². The van der Waals surface area contributed by atoms with E-state index < -0.39 is 0 Å². The molecule has 12 heavy (non-hydrogen) atoms. The molecule has 0 amide bonds. The summed E-state index contributed by atoms with van der Waals surface area (Å²) in [5, 5.41) is 0. The third-order valence-electron chi connectivity index (χ3n) is 1.63. The zero-order valence-corrected chi connectivity index (χ0v) is 7.83. The van der Waals surface area contributed by atoms with Crippen molar-refractivity contribution >= 4 is 6.29 Å². The minimum Gasteiger partial charge on any atom is -0.299 e. The van der Waals surface area contributed by atoms with E-state index in [1.54, 1.807) is 0 Å². The molecule has 1 heteroatoms. The van der Waals surface area contributed by atoms with E-state index in [1.165, 1.54) is 31.8 Å². The molecule has 0 aromatic heterocycles. The first-order chi connectivity index (χ1) is 5.91. The van der Waals surface area contributed by atoms with E-state index in [0.717, 1.165) is 12.7 Å². The lowest BCUT2D eigenvalue weighted by molar-refractivity contribution is -0.104. The quantitative estimate of drug-likeness (QED) is 0.245. The molecule has 0 rings (SSSR count). The second-order valence-electron chi connectivity index (χ2n) is 2.77. The highest BCUT2D eigenvalue weighted by molar-refractivity contribution is 5.64. The molecule has 0 radical (unpaired) electrons. The number of aldehydes is 1. The summed E-state index contributed by atoms with van der Waals surface area (Å²) < 4.78 is 0. The van der Waals surface area contributed by atoms with Crippen molar-refractivity contribution in [3.63, 3.8) is 0 Å². The lowest BCUT2D eigenvalue weighted by Crippen LogP contribution is -1.70. The predicted octanol–water partition coefficient (Wildman–Crippen LogP) is 3.27. The number of carbonyl (C=O) groups excluding carboxylic acids is 1. The third kappa shape index (κ3) is 9.15. The van der Waals surface area contributed by atoms with E-state index in [1.807, 2.05) is 6.08 Å². The van der Waals surface area contributed by atoms with Crippen molar-refractivity contribution in [3.8, 4) is 0 Å². The highest BCUT2D eigenvalue weighted by Gasteiger charge is 1.80. The average Bonchev–Trinajstić information content (AvgIpc) is 2.10. The molecular weight excluding hydrogens is 148 g/mol. The Morgan fingerprint density at radius 3 is 2.58 bits per heavy atom. The van der Waals surface area contributed by atoms with Gasteiger partial charge in [-0.25, -0.2) is 0 Å². The van der Waals surface area contributed by atoms with Crippen molar-refractivity contribution in [1.29, 1.82) is 0 Å². The normalized spacial score (nSPS) is 11.4. The molecule has 0 unspecified atom stereocenters. The summed E-state index contributed by atoms with van der Waals surface area (Å²) in [7, 11) is 0. The maximum atomic E-state index is 9.87. The smallest absolute Gasteiger partial charge is 0.142 e. The molecule has 0 saturated heterocycles. The molecule has 0 aromatic rings. The fraction of sp³-hybridized carbons (Fsp3) is 0.545.